The first-order valence-electron chi connectivity index (χ1n) is 7.98. The third-order valence-electron chi connectivity index (χ3n) is 4.05. The van der Waals surface area contributed by atoms with Gasteiger partial charge in [-0.25, -0.2) is 23.1 Å². The number of nitrogens with zero attached hydrogens (tertiary/aromatic N) is 3. The highest BCUT2D eigenvalue weighted by atomic mass is 79.9. The van der Waals surface area contributed by atoms with Gasteiger partial charge in [-0.1, -0.05) is 11.6 Å². The van der Waals surface area contributed by atoms with Gasteiger partial charge in [-0.2, -0.15) is 0 Å². The molecule has 3 rings (SSSR count). The molecular formula is C16H18BrClN4O3S. The SMILES string of the molecule is COc1c(Br)cc(Cl)cc1S(=O)(=O)NC1CCCN(c2ncccn2)C1. The maximum absolute atomic E-state index is 12.9. The molecule has 1 aromatic carbocycles. The Balaban J connectivity index is 1.82. The summed E-state index contributed by atoms with van der Waals surface area (Å²) in [5.74, 6) is 0.820. The van der Waals surface area contributed by atoms with E-state index in [4.69, 9.17) is 16.3 Å². The standard InChI is InChI=1S/C16H18BrClN4O3S/c1-25-15-13(17)8-11(18)9-14(15)26(23,24)21-12-4-2-7-22(10-12)16-19-5-3-6-20-16/h3,5-6,8-9,12,21H,2,4,7,10H2,1H3. The average Bonchev–Trinajstić information content (AvgIpc) is 2.62. The predicted octanol–water partition coefficient (Wildman–Crippen LogP) is 2.85. The maximum atomic E-state index is 12.9. The minimum Gasteiger partial charge on any atom is -0.494 e. The fraction of sp³-hybridized carbons (Fsp3) is 0.375. The highest BCUT2D eigenvalue weighted by Crippen LogP contribution is 2.35. The number of ether oxygens (including phenoxy) is 1. The summed E-state index contributed by atoms with van der Waals surface area (Å²) in [6, 6.07) is 4.46. The van der Waals surface area contributed by atoms with E-state index in [0.29, 0.717) is 22.0 Å². The molecule has 0 amide bonds. The van der Waals surface area contributed by atoms with Crippen LogP contribution in [0.15, 0.2) is 40.0 Å². The summed E-state index contributed by atoms with van der Waals surface area (Å²) in [5.41, 5.74) is 0. The molecule has 2 heterocycles. The van der Waals surface area contributed by atoms with E-state index in [1.165, 1.54) is 13.2 Å². The zero-order valence-corrected chi connectivity index (χ0v) is 17.2. The molecule has 26 heavy (non-hydrogen) atoms. The molecule has 0 radical (unpaired) electrons. The quantitative estimate of drug-likeness (QED) is 0.737. The molecule has 1 unspecified atom stereocenters. The minimum absolute atomic E-state index is 0.00691. The Bertz CT molecular complexity index is 883. The van der Waals surface area contributed by atoms with E-state index in [9.17, 15) is 8.42 Å². The van der Waals surface area contributed by atoms with Gasteiger partial charge in [-0.05, 0) is 47.0 Å². The largest absolute Gasteiger partial charge is 0.494 e. The van der Waals surface area contributed by atoms with Crippen LogP contribution in [-0.2, 0) is 10.0 Å². The van der Waals surface area contributed by atoms with E-state index in [1.54, 1.807) is 24.5 Å². The number of anilines is 1. The molecule has 1 saturated heterocycles. The van der Waals surface area contributed by atoms with Crippen LogP contribution >= 0.6 is 27.5 Å². The highest BCUT2D eigenvalue weighted by molar-refractivity contribution is 9.10. The Hall–Kier alpha value is -1.42. The van der Waals surface area contributed by atoms with Crippen LogP contribution in [0.4, 0.5) is 5.95 Å². The van der Waals surface area contributed by atoms with Crippen molar-refractivity contribution in [3.63, 3.8) is 0 Å². The van der Waals surface area contributed by atoms with Crippen molar-refractivity contribution in [2.24, 2.45) is 0 Å². The smallest absolute Gasteiger partial charge is 0.244 e. The Morgan fingerprint density at radius 3 is 2.77 bits per heavy atom. The number of benzene rings is 1. The highest BCUT2D eigenvalue weighted by Gasteiger charge is 2.29. The summed E-state index contributed by atoms with van der Waals surface area (Å²) >= 11 is 9.32. The summed E-state index contributed by atoms with van der Waals surface area (Å²) in [4.78, 5) is 10.5. The van der Waals surface area contributed by atoms with Crippen LogP contribution in [0.25, 0.3) is 0 Å². The van der Waals surface area contributed by atoms with Crippen molar-refractivity contribution < 1.29 is 13.2 Å². The van der Waals surface area contributed by atoms with Crippen molar-refractivity contribution in [3.8, 4) is 5.75 Å². The number of aromatic nitrogens is 2. The van der Waals surface area contributed by atoms with Gasteiger partial charge in [0.05, 0.1) is 11.6 Å². The molecule has 1 fully saturated rings. The van der Waals surface area contributed by atoms with Crippen LogP contribution in [-0.4, -0.2) is 44.6 Å². The maximum Gasteiger partial charge on any atom is 0.244 e. The number of methoxy groups -OCH3 is 1. The van der Waals surface area contributed by atoms with E-state index >= 15 is 0 Å². The Labute approximate surface area is 165 Å². The second-order valence-corrected chi connectivity index (χ2v) is 8.85. The van der Waals surface area contributed by atoms with Gasteiger partial charge in [-0.15, -0.1) is 0 Å². The summed E-state index contributed by atoms with van der Waals surface area (Å²) in [6.07, 6.45) is 4.91. The van der Waals surface area contributed by atoms with E-state index in [2.05, 4.69) is 30.6 Å². The number of hydrogen-bond donors (Lipinski definition) is 1. The van der Waals surface area contributed by atoms with E-state index in [-0.39, 0.29) is 16.7 Å². The minimum atomic E-state index is -3.81. The summed E-state index contributed by atoms with van der Waals surface area (Å²) < 4.78 is 34.3. The molecule has 0 bridgehead atoms. The van der Waals surface area contributed by atoms with Crippen molar-refractivity contribution in [1.29, 1.82) is 0 Å². The number of piperidine rings is 1. The lowest BCUT2D eigenvalue weighted by Crippen LogP contribution is -2.48. The number of rotatable bonds is 5. The molecule has 140 valence electrons. The van der Waals surface area contributed by atoms with E-state index < -0.39 is 10.0 Å². The van der Waals surface area contributed by atoms with Gasteiger partial charge in [0.1, 0.15) is 4.90 Å². The first kappa shape index (κ1) is 19.3. The molecule has 1 atom stereocenters. The zero-order chi connectivity index (χ0) is 18.7. The first-order chi connectivity index (χ1) is 12.4. The lowest BCUT2D eigenvalue weighted by atomic mass is 10.1. The number of halogens is 2. The lowest BCUT2D eigenvalue weighted by Gasteiger charge is -2.33. The number of hydrogen-bond acceptors (Lipinski definition) is 6. The second-order valence-electron chi connectivity index (χ2n) is 5.87. The van der Waals surface area contributed by atoms with Gasteiger partial charge in [0.25, 0.3) is 0 Å². The van der Waals surface area contributed by atoms with Crippen molar-refractivity contribution in [2.75, 3.05) is 25.1 Å². The number of sulfonamides is 1. The van der Waals surface area contributed by atoms with Crippen molar-refractivity contribution >= 4 is 43.5 Å². The van der Waals surface area contributed by atoms with Gasteiger partial charge < -0.3 is 9.64 Å². The van der Waals surface area contributed by atoms with Gasteiger partial charge in [0.15, 0.2) is 5.75 Å². The molecule has 0 spiro atoms. The molecular weight excluding hydrogens is 444 g/mol. The molecule has 1 aliphatic heterocycles. The van der Waals surface area contributed by atoms with Gasteiger partial charge >= 0.3 is 0 Å². The lowest BCUT2D eigenvalue weighted by molar-refractivity contribution is 0.398. The van der Waals surface area contributed by atoms with Crippen molar-refractivity contribution in [2.45, 2.75) is 23.8 Å². The molecule has 0 aliphatic carbocycles. The third-order valence-corrected chi connectivity index (χ3v) is 6.38. The molecule has 1 aliphatic rings. The summed E-state index contributed by atoms with van der Waals surface area (Å²) in [7, 11) is -2.39. The summed E-state index contributed by atoms with van der Waals surface area (Å²) in [6.45, 7) is 1.28. The van der Waals surface area contributed by atoms with Crippen LogP contribution in [0, 0.1) is 0 Å². The van der Waals surface area contributed by atoms with Gasteiger partial charge in [0.2, 0.25) is 16.0 Å². The monoisotopic (exact) mass is 460 g/mol. The Morgan fingerprint density at radius 2 is 2.08 bits per heavy atom. The molecule has 0 saturated carbocycles. The Kier molecular flexibility index (Phi) is 6.01. The molecule has 1 aromatic heterocycles. The molecule has 1 N–H and O–H groups in total. The predicted molar refractivity (Wildman–Crippen MR) is 103 cm³/mol. The van der Waals surface area contributed by atoms with Crippen LogP contribution in [0.5, 0.6) is 5.75 Å². The van der Waals surface area contributed by atoms with Crippen LogP contribution in [0.2, 0.25) is 5.02 Å². The average molecular weight is 462 g/mol. The van der Waals surface area contributed by atoms with Gasteiger partial charge in [-0.3, -0.25) is 0 Å². The normalized spacial score (nSPS) is 18.0. The third kappa shape index (κ3) is 4.28. The van der Waals surface area contributed by atoms with Crippen LogP contribution in [0.3, 0.4) is 0 Å². The topological polar surface area (TPSA) is 84.4 Å². The zero-order valence-electron chi connectivity index (χ0n) is 14.0. The van der Waals surface area contributed by atoms with Crippen molar-refractivity contribution in [3.05, 3.63) is 40.1 Å². The molecule has 2 aromatic rings. The second kappa shape index (κ2) is 8.08. The molecule has 7 nitrogen and oxygen atoms in total. The summed E-state index contributed by atoms with van der Waals surface area (Å²) in [5, 5.41) is 0.306. The fourth-order valence-corrected chi connectivity index (χ4v) is 5.57. The van der Waals surface area contributed by atoms with Gasteiger partial charge in [0, 0.05) is 36.5 Å². The molecule has 10 heteroatoms. The first-order valence-corrected chi connectivity index (χ1v) is 10.6. The van der Waals surface area contributed by atoms with Crippen molar-refractivity contribution in [1.82, 2.24) is 14.7 Å². The van der Waals surface area contributed by atoms with E-state index in [1.807, 2.05) is 4.90 Å². The fourth-order valence-electron chi connectivity index (χ4n) is 2.93. The van der Waals surface area contributed by atoms with Crippen LogP contribution < -0.4 is 14.4 Å². The number of nitrogens with one attached hydrogen (secondary N) is 1. The van der Waals surface area contributed by atoms with Crippen LogP contribution in [0.1, 0.15) is 12.8 Å². The van der Waals surface area contributed by atoms with E-state index in [0.717, 1.165) is 19.4 Å². The Morgan fingerprint density at radius 1 is 1.35 bits per heavy atom.